The molecule has 1 unspecified atom stereocenters. The molecule has 1 aromatic carbocycles. The second-order valence-corrected chi connectivity index (χ2v) is 6.19. The molecule has 4 nitrogen and oxygen atoms in total. The quantitative estimate of drug-likeness (QED) is 0.923. The van der Waals surface area contributed by atoms with Gasteiger partial charge >= 0.3 is 0 Å². The van der Waals surface area contributed by atoms with Crippen LogP contribution in [-0.4, -0.2) is 15.7 Å². The van der Waals surface area contributed by atoms with Gasteiger partial charge in [-0.05, 0) is 47.7 Å². The minimum Gasteiger partial charge on any atom is -0.344 e. The first-order valence-electron chi connectivity index (χ1n) is 7.28. The summed E-state index contributed by atoms with van der Waals surface area (Å²) in [6.45, 7) is 2.88. The standard InChI is InChI=1S/C16H18BrN3O/c1-11(12-7-3-2-4-8-12)18-16(21)15-14(17)13-9-5-6-10-20(13)19-15/h2-4,7-8,11H,5-6,9-10H2,1H3,(H,18,21). The van der Waals surface area contributed by atoms with Crippen LogP contribution in [0.5, 0.6) is 0 Å². The maximum atomic E-state index is 12.5. The number of rotatable bonds is 3. The summed E-state index contributed by atoms with van der Waals surface area (Å²) >= 11 is 3.54. The number of amides is 1. The van der Waals surface area contributed by atoms with Crippen molar-refractivity contribution in [3.63, 3.8) is 0 Å². The Morgan fingerprint density at radius 2 is 2.10 bits per heavy atom. The topological polar surface area (TPSA) is 46.9 Å². The van der Waals surface area contributed by atoms with Crippen molar-refractivity contribution in [2.24, 2.45) is 0 Å². The predicted molar refractivity (Wildman–Crippen MR) is 85.2 cm³/mol. The molecule has 5 heteroatoms. The lowest BCUT2D eigenvalue weighted by atomic mass is 10.1. The lowest BCUT2D eigenvalue weighted by Gasteiger charge is -2.13. The molecule has 1 aliphatic heterocycles. The van der Waals surface area contributed by atoms with E-state index in [1.54, 1.807) is 0 Å². The van der Waals surface area contributed by atoms with E-state index in [0.717, 1.165) is 41.5 Å². The summed E-state index contributed by atoms with van der Waals surface area (Å²) < 4.78 is 2.80. The summed E-state index contributed by atoms with van der Waals surface area (Å²) in [5, 5.41) is 7.47. The Labute approximate surface area is 132 Å². The monoisotopic (exact) mass is 347 g/mol. The van der Waals surface area contributed by atoms with Gasteiger partial charge in [0.2, 0.25) is 0 Å². The van der Waals surface area contributed by atoms with Crippen LogP contribution in [0.15, 0.2) is 34.8 Å². The average molecular weight is 348 g/mol. The van der Waals surface area contributed by atoms with Gasteiger partial charge in [-0.1, -0.05) is 30.3 Å². The molecule has 1 N–H and O–H groups in total. The molecule has 1 amide bonds. The smallest absolute Gasteiger partial charge is 0.273 e. The highest BCUT2D eigenvalue weighted by Crippen LogP contribution is 2.27. The van der Waals surface area contributed by atoms with Crippen LogP contribution >= 0.6 is 15.9 Å². The summed E-state index contributed by atoms with van der Waals surface area (Å²) in [6.07, 6.45) is 3.27. The Hall–Kier alpha value is -1.62. The molecule has 1 aliphatic rings. The first-order valence-corrected chi connectivity index (χ1v) is 8.07. The summed E-state index contributed by atoms with van der Waals surface area (Å²) in [7, 11) is 0. The van der Waals surface area contributed by atoms with Crippen molar-refractivity contribution in [3.05, 3.63) is 51.8 Å². The minimum atomic E-state index is -0.125. The second-order valence-electron chi connectivity index (χ2n) is 5.40. The SMILES string of the molecule is CC(NC(=O)c1nn2c(c1Br)CCCC2)c1ccccc1. The van der Waals surface area contributed by atoms with E-state index in [1.165, 1.54) is 0 Å². The van der Waals surface area contributed by atoms with E-state index >= 15 is 0 Å². The molecular formula is C16H18BrN3O. The summed E-state index contributed by atoms with van der Waals surface area (Å²) in [4.78, 5) is 12.5. The van der Waals surface area contributed by atoms with Gasteiger partial charge < -0.3 is 5.32 Å². The Kier molecular flexibility index (Phi) is 4.10. The van der Waals surface area contributed by atoms with E-state index in [-0.39, 0.29) is 11.9 Å². The number of benzene rings is 1. The largest absolute Gasteiger partial charge is 0.344 e. The fourth-order valence-electron chi connectivity index (χ4n) is 2.69. The number of fused-ring (bicyclic) bond motifs is 1. The summed E-state index contributed by atoms with van der Waals surface area (Å²) in [5.41, 5.74) is 2.72. The summed E-state index contributed by atoms with van der Waals surface area (Å²) in [5.74, 6) is -0.125. The Bertz CT molecular complexity index is 651. The van der Waals surface area contributed by atoms with Crippen LogP contribution in [0.3, 0.4) is 0 Å². The van der Waals surface area contributed by atoms with Gasteiger partial charge in [0.1, 0.15) is 0 Å². The average Bonchev–Trinajstić information content (AvgIpc) is 2.86. The number of hydrogen-bond donors (Lipinski definition) is 1. The molecule has 110 valence electrons. The van der Waals surface area contributed by atoms with Gasteiger partial charge in [-0.3, -0.25) is 9.48 Å². The fourth-order valence-corrected chi connectivity index (χ4v) is 3.35. The van der Waals surface area contributed by atoms with Gasteiger partial charge in [-0.2, -0.15) is 5.10 Å². The highest BCUT2D eigenvalue weighted by molar-refractivity contribution is 9.10. The number of carbonyl (C=O) groups excluding carboxylic acids is 1. The van der Waals surface area contributed by atoms with Crippen molar-refractivity contribution in [1.29, 1.82) is 0 Å². The van der Waals surface area contributed by atoms with Crippen LogP contribution < -0.4 is 5.32 Å². The highest BCUT2D eigenvalue weighted by atomic mass is 79.9. The van der Waals surface area contributed by atoms with Crippen molar-refractivity contribution >= 4 is 21.8 Å². The van der Waals surface area contributed by atoms with Gasteiger partial charge in [0.15, 0.2) is 5.69 Å². The van der Waals surface area contributed by atoms with Gasteiger partial charge in [0, 0.05) is 6.54 Å². The van der Waals surface area contributed by atoms with E-state index in [1.807, 2.05) is 41.9 Å². The number of aromatic nitrogens is 2. The summed E-state index contributed by atoms with van der Waals surface area (Å²) in [6, 6.07) is 9.91. The first-order chi connectivity index (χ1) is 10.2. The van der Waals surface area contributed by atoms with E-state index in [2.05, 4.69) is 26.3 Å². The van der Waals surface area contributed by atoms with Gasteiger partial charge in [0.25, 0.3) is 5.91 Å². The fraction of sp³-hybridized carbons (Fsp3) is 0.375. The molecule has 2 aromatic rings. The van der Waals surface area contributed by atoms with E-state index < -0.39 is 0 Å². The van der Waals surface area contributed by atoms with E-state index in [0.29, 0.717) is 5.69 Å². The van der Waals surface area contributed by atoms with E-state index in [9.17, 15) is 4.79 Å². The number of carbonyl (C=O) groups is 1. The van der Waals surface area contributed by atoms with Crippen LogP contribution in [0.2, 0.25) is 0 Å². The second kappa shape index (κ2) is 6.02. The number of hydrogen-bond acceptors (Lipinski definition) is 2. The van der Waals surface area contributed by atoms with Crippen LogP contribution in [0.25, 0.3) is 0 Å². The molecule has 0 saturated carbocycles. The van der Waals surface area contributed by atoms with Crippen molar-refractivity contribution in [1.82, 2.24) is 15.1 Å². The maximum Gasteiger partial charge on any atom is 0.273 e. The number of halogens is 1. The Balaban J connectivity index is 1.78. The number of nitrogens with zero attached hydrogens (tertiary/aromatic N) is 2. The molecule has 0 bridgehead atoms. The third-order valence-corrected chi connectivity index (χ3v) is 4.72. The van der Waals surface area contributed by atoms with E-state index in [4.69, 9.17) is 0 Å². The van der Waals surface area contributed by atoms with Gasteiger partial charge in [-0.15, -0.1) is 0 Å². The molecule has 1 aromatic heterocycles. The van der Waals surface area contributed by atoms with Crippen molar-refractivity contribution in [2.75, 3.05) is 0 Å². The molecule has 0 radical (unpaired) electrons. The molecule has 0 fully saturated rings. The maximum absolute atomic E-state index is 12.5. The first kappa shape index (κ1) is 14.3. The third kappa shape index (κ3) is 2.88. The zero-order valence-corrected chi connectivity index (χ0v) is 13.6. The van der Waals surface area contributed by atoms with Gasteiger partial charge in [0.05, 0.1) is 16.2 Å². The molecule has 1 atom stereocenters. The zero-order chi connectivity index (χ0) is 14.8. The van der Waals surface area contributed by atoms with Crippen LogP contribution in [0.1, 0.15) is 47.6 Å². The molecule has 0 spiro atoms. The van der Waals surface area contributed by atoms with Crippen molar-refractivity contribution in [2.45, 2.75) is 38.8 Å². The molecule has 0 aliphatic carbocycles. The minimum absolute atomic E-state index is 0.0377. The number of nitrogens with one attached hydrogen (secondary N) is 1. The zero-order valence-electron chi connectivity index (χ0n) is 12.0. The predicted octanol–water partition coefficient (Wildman–Crippen LogP) is 3.47. The lowest BCUT2D eigenvalue weighted by molar-refractivity contribution is 0.0933. The molecule has 21 heavy (non-hydrogen) atoms. The third-order valence-electron chi connectivity index (χ3n) is 3.89. The highest BCUT2D eigenvalue weighted by Gasteiger charge is 2.23. The molecule has 2 heterocycles. The normalized spacial score (nSPS) is 15.3. The van der Waals surface area contributed by atoms with Crippen LogP contribution in [0, 0.1) is 0 Å². The lowest BCUT2D eigenvalue weighted by Crippen LogP contribution is -2.27. The van der Waals surface area contributed by atoms with Crippen molar-refractivity contribution < 1.29 is 4.79 Å². The molecule has 0 saturated heterocycles. The van der Waals surface area contributed by atoms with Gasteiger partial charge in [-0.25, -0.2) is 0 Å². The van der Waals surface area contributed by atoms with Crippen molar-refractivity contribution in [3.8, 4) is 0 Å². The molecular weight excluding hydrogens is 330 g/mol. The van der Waals surface area contributed by atoms with Crippen LogP contribution in [-0.2, 0) is 13.0 Å². The Morgan fingerprint density at radius 3 is 2.81 bits per heavy atom. The molecule has 3 rings (SSSR count). The number of aryl methyl sites for hydroxylation is 1. The Morgan fingerprint density at radius 1 is 1.33 bits per heavy atom. The van der Waals surface area contributed by atoms with Crippen LogP contribution in [0.4, 0.5) is 0 Å².